The van der Waals surface area contributed by atoms with E-state index in [9.17, 15) is 19.6 Å². The molecule has 0 bridgehead atoms. The van der Waals surface area contributed by atoms with Crippen LogP contribution < -0.4 is 16.0 Å². The molecule has 3 N–H and O–H groups in total. The Hall–Kier alpha value is -4.17. The van der Waals surface area contributed by atoms with E-state index >= 15 is 0 Å². The van der Waals surface area contributed by atoms with Crippen molar-refractivity contribution >= 4 is 68.9 Å². The van der Waals surface area contributed by atoms with Gasteiger partial charge < -0.3 is 16.0 Å². The maximum Gasteiger partial charge on any atom is 0.272 e. The fourth-order valence-corrected chi connectivity index (χ4v) is 7.07. The predicted molar refractivity (Wildman–Crippen MR) is 166 cm³/mol. The van der Waals surface area contributed by atoms with Gasteiger partial charge in [-0.05, 0) is 79.1 Å². The van der Waals surface area contributed by atoms with Gasteiger partial charge >= 0.3 is 0 Å². The number of hydrogen-bond acceptors (Lipinski definition) is 7. The third-order valence-electron chi connectivity index (χ3n) is 6.36. The van der Waals surface area contributed by atoms with Crippen molar-refractivity contribution in [3.05, 3.63) is 104 Å². The van der Waals surface area contributed by atoms with Crippen LogP contribution in [0.2, 0.25) is 0 Å². The molecule has 2 aromatic carbocycles. The van der Waals surface area contributed by atoms with E-state index in [4.69, 9.17) is 0 Å². The van der Waals surface area contributed by atoms with Gasteiger partial charge in [0.15, 0.2) is 0 Å². The number of carbonyl (C=O) groups excluding carboxylic acids is 3. The third-order valence-corrected chi connectivity index (χ3v) is 9.38. The molecule has 0 radical (unpaired) electrons. The summed E-state index contributed by atoms with van der Waals surface area (Å²) >= 11 is 4.29. The summed E-state index contributed by atoms with van der Waals surface area (Å²) < 4.78 is 0. The highest BCUT2D eigenvalue weighted by atomic mass is 32.2. The molecule has 0 aliphatic heterocycles. The van der Waals surface area contributed by atoms with Crippen LogP contribution in [0.1, 0.15) is 44.1 Å². The van der Waals surface area contributed by atoms with E-state index in [1.807, 2.05) is 29.6 Å². The second-order valence-electron chi connectivity index (χ2n) is 9.24. The number of carbonyl (C=O) groups is 3. The molecule has 3 amide bonds. The number of rotatable bonds is 9. The van der Waals surface area contributed by atoms with Crippen LogP contribution in [0.4, 0.5) is 10.7 Å². The van der Waals surface area contributed by atoms with Crippen molar-refractivity contribution in [2.45, 2.75) is 30.6 Å². The van der Waals surface area contributed by atoms with Gasteiger partial charge in [0.1, 0.15) is 16.8 Å². The zero-order chi connectivity index (χ0) is 28.6. The van der Waals surface area contributed by atoms with Gasteiger partial charge in [-0.2, -0.15) is 5.26 Å². The average Bonchev–Trinajstić information content (AvgIpc) is 3.63. The lowest BCUT2D eigenvalue weighted by Crippen LogP contribution is -2.30. The van der Waals surface area contributed by atoms with Gasteiger partial charge in [0.05, 0.1) is 11.3 Å². The molecule has 4 aromatic rings. The Balaban J connectivity index is 1.23. The third kappa shape index (κ3) is 7.32. The van der Waals surface area contributed by atoms with Crippen molar-refractivity contribution < 1.29 is 14.4 Å². The summed E-state index contributed by atoms with van der Waals surface area (Å²) in [6, 6.07) is 21.9. The van der Waals surface area contributed by atoms with Crippen molar-refractivity contribution in [2.24, 2.45) is 0 Å². The number of nitriles is 1. The maximum atomic E-state index is 13.2. The fourth-order valence-electron chi connectivity index (χ4n) is 4.40. The van der Waals surface area contributed by atoms with Crippen LogP contribution >= 0.6 is 34.4 Å². The Kier molecular flexibility index (Phi) is 9.31. The van der Waals surface area contributed by atoms with E-state index in [0.717, 1.165) is 41.0 Å². The molecule has 0 spiro atoms. The number of fused-ring (bicyclic) bond motifs is 1. The molecule has 0 unspecified atom stereocenters. The molecule has 7 nitrogen and oxygen atoms in total. The van der Waals surface area contributed by atoms with Gasteiger partial charge in [-0.3, -0.25) is 14.4 Å². The van der Waals surface area contributed by atoms with Crippen LogP contribution in [0.25, 0.3) is 6.08 Å². The number of anilines is 2. The molecular formula is C31H26N4O3S3. The zero-order valence-electron chi connectivity index (χ0n) is 21.9. The average molecular weight is 599 g/mol. The van der Waals surface area contributed by atoms with Crippen molar-refractivity contribution in [3.8, 4) is 6.07 Å². The zero-order valence-corrected chi connectivity index (χ0v) is 24.4. The summed E-state index contributed by atoms with van der Waals surface area (Å²) in [4.78, 5) is 41.6. The minimum absolute atomic E-state index is 0.116. The van der Waals surface area contributed by atoms with Crippen molar-refractivity contribution in [1.82, 2.24) is 5.32 Å². The first-order valence-electron chi connectivity index (χ1n) is 13.0. The lowest BCUT2D eigenvalue weighted by molar-refractivity contribution is -0.114. The summed E-state index contributed by atoms with van der Waals surface area (Å²) in [6.45, 7) is 0. The van der Waals surface area contributed by atoms with Crippen LogP contribution in [0, 0.1) is 11.3 Å². The first kappa shape index (κ1) is 28.4. The maximum absolute atomic E-state index is 13.2. The molecular weight excluding hydrogens is 573 g/mol. The molecule has 0 atom stereocenters. The van der Waals surface area contributed by atoms with Gasteiger partial charge in [0, 0.05) is 25.9 Å². The Morgan fingerprint density at radius 2 is 1.80 bits per heavy atom. The largest absolute Gasteiger partial charge is 0.321 e. The quantitative estimate of drug-likeness (QED) is 0.147. The van der Waals surface area contributed by atoms with Crippen LogP contribution in [-0.4, -0.2) is 23.5 Å². The topological polar surface area (TPSA) is 111 Å². The number of aryl methyl sites for hydroxylation is 1. The fraction of sp³-hybridized carbons (Fsp3) is 0.161. The van der Waals surface area contributed by atoms with E-state index in [1.54, 1.807) is 48.5 Å². The number of hydrogen-bond donors (Lipinski definition) is 3. The summed E-state index contributed by atoms with van der Waals surface area (Å²) in [5, 5.41) is 20.7. The van der Waals surface area contributed by atoms with Gasteiger partial charge in [-0.25, -0.2) is 0 Å². The molecule has 10 heteroatoms. The number of benzene rings is 2. The molecule has 0 fully saturated rings. The molecule has 0 saturated heterocycles. The van der Waals surface area contributed by atoms with Gasteiger partial charge in [0.2, 0.25) is 5.91 Å². The second-order valence-corrected chi connectivity index (χ2v) is 12.4. The molecule has 206 valence electrons. The molecule has 0 saturated carbocycles. The van der Waals surface area contributed by atoms with Crippen LogP contribution in [0.3, 0.4) is 0 Å². The summed E-state index contributed by atoms with van der Waals surface area (Å²) in [5.41, 5.74) is 2.77. The Morgan fingerprint density at radius 1 is 0.976 bits per heavy atom. The molecule has 2 heterocycles. The summed E-state index contributed by atoms with van der Waals surface area (Å²) in [6.07, 6.45) is 5.66. The number of nitrogens with one attached hydrogen (secondary N) is 3. The van der Waals surface area contributed by atoms with E-state index < -0.39 is 5.91 Å². The van der Waals surface area contributed by atoms with E-state index in [0.29, 0.717) is 21.8 Å². The van der Waals surface area contributed by atoms with Crippen LogP contribution in [0.5, 0.6) is 0 Å². The predicted octanol–water partition coefficient (Wildman–Crippen LogP) is 6.70. The van der Waals surface area contributed by atoms with E-state index in [1.165, 1.54) is 39.3 Å². The standard InChI is InChI=1S/C31H26N4O3S3/c32-18-25-24-13-4-5-14-27(24)41-31(25)35-28(36)19-40-22-11-6-10-21(16-22)33-30(38)26(17-23-12-7-15-39-23)34-29(37)20-8-2-1-3-9-20/h1-3,6-12,15-17H,4-5,13-14,19H2,(H,33,38)(H,34,37)(H,35,36)/b26-17-. The number of amides is 3. The Morgan fingerprint density at radius 3 is 2.59 bits per heavy atom. The number of thioether (sulfide) groups is 1. The number of thiophene rings is 2. The molecule has 2 aromatic heterocycles. The van der Waals surface area contributed by atoms with E-state index in [2.05, 4.69) is 22.0 Å². The Labute approximate surface area is 250 Å². The second kappa shape index (κ2) is 13.5. The molecule has 1 aliphatic rings. The first-order valence-corrected chi connectivity index (χ1v) is 15.7. The molecule has 1 aliphatic carbocycles. The SMILES string of the molecule is N#Cc1c(NC(=O)CSc2cccc(NC(=O)/C(=C/c3cccs3)NC(=O)c3ccccc3)c2)sc2c1CCCC2. The monoisotopic (exact) mass is 598 g/mol. The first-order chi connectivity index (χ1) is 20.0. The number of nitrogens with zero attached hydrogens (tertiary/aromatic N) is 1. The Bertz CT molecular complexity index is 1640. The molecule has 41 heavy (non-hydrogen) atoms. The van der Waals surface area contributed by atoms with E-state index in [-0.39, 0.29) is 23.3 Å². The summed E-state index contributed by atoms with van der Waals surface area (Å²) in [5.74, 6) is -0.885. The van der Waals surface area contributed by atoms with Gasteiger partial charge in [0.25, 0.3) is 11.8 Å². The normalized spacial score (nSPS) is 12.6. The minimum atomic E-state index is -0.465. The van der Waals surface area contributed by atoms with Crippen molar-refractivity contribution in [3.63, 3.8) is 0 Å². The lowest BCUT2D eigenvalue weighted by atomic mass is 9.96. The van der Waals surface area contributed by atoms with Crippen LogP contribution in [0.15, 0.2) is 82.7 Å². The minimum Gasteiger partial charge on any atom is -0.321 e. The highest BCUT2D eigenvalue weighted by Crippen LogP contribution is 2.37. The highest BCUT2D eigenvalue weighted by Gasteiger charge is 2.22. The van der Waals surface area contributed by atoms with Gasteiger partial charge in [-0.1, -0.05) is 30.3 Å². The van der Waals surface area contributed by atoms with Crippen molar-refractivity contribution in [1.29, 1.82) is 5.26 Å². The van der Waals surface area contributed by atoms with Crippen molar-refractivity contribution in [2.75, 3.05) is 16.4 Å². The van der Waals surface area contributed by atoms with Crippen LogP contribution in [-0.2, 0) is 22.4 Å². The summed E-state index contributed by atoms with van der Waals surface area (Å²) in [7, 11) is 0. The van der Waals surface area contributed by atoms with Gasteiger partial charge in [-0.15, -0.1) is 34.4 Å². The molecule has 5 rings (SSSR count). The lowest BCUT2D eigenvalue weighted by Gasteiger charge is -2.12. The highest BCUT2D eigenvalue weighted by molar-refractivity contribution is 8.00. The smallest absolute Gasteiger partial charge is 0.272 e.